The first kappa shape index (κ1) is 25.0. The number of guanidine groups is 1. The lowest BCUT2D eigenvalue weighted by atomic mass is 10.1. The van der Waals surface area contributed by atoms with E-state index in [1.54, 1.807) is 0 Å². The maximum Gasteiger partial charge on any atom is 0.191 e. The fraction of sp³-hybridized carbons (Fsp3) is 0.667. The second-order valence-corrected chi connectivity index (χ2v) is 7.56. The molecule has 0 spiro atoms. The van der Waals surface area contributed by atoms with Crippen LogP contribution in [0.2, 0.25) is 0 Å². The number of rotatable bonds is 8. The summed E-state index contributed by atoms with van der Waals surface area (Å²) in [6.45, 7) is 14.5. The number of hydrogen-bond donors (Lipinski definition) is 2. The van der Waals surface area contributed by atoms with E-state index in [4.69, 9.17) is 4.74 Å². The highest BCUT2D eigenvalue weighted by Crippen LogP contribution is 2.20. The van der Waals surface area contributed by atoms with Crippen molar-refractivity contribution in [3.63, 3.8) is 0 Å². The van der Waals surface area contributed by atoms with Gasteiger partial charge >= 0.3 is 0 Å². The lowest BCUT2D eigenvalue weighted by Crippen LogP contribution is -2.47. The van der Waals surface area contributed by atoms with Crippen LogP contribution in [0.1, 0.15) is 25.0 Å². The van der Waals surface area contributed by atoms with Gasteiger partial charge in [0.1, 0.15) is 5.75 Å². The summed E-state index contributed by atoms with van der Waals surface area (Å²) in [6, 6.07) is 6.33. The highest BCUT2D eigenvalue weighted by Gasteiger charge is 2.16. The predicted octanol–water partition coefficient (Wildman–Crippen LogP) is 2.56. The Labute approximate surface area is 188 Å². The van der Waals surface area contributed by atoms with E-state index in [1.165, 1.54) is 31.7 Å². The maximum absolute atomic E-state index is 5.76. The molecule has 1 aromatic carbocycles. The minimum Gasteiger partial charge on any atom is -0.494 e. The quantitative estimate of drug-likeness (QED) is 0.325. The third kappa shape index (κ3) is 8.53. The van der Waals surface area contributed by atoms with Crippen LogP contribution >= 0.6 is 24.0 Å². The van der Waals surface area contributed by atoms with Gasteiger partial charge in [-0.15, -0.1) is 24.0 Å². The van der Waals surface area contributed by atoms with Crippen molar-refractivity contribution in [2.45, 2.75) is 27.3 Å². The van der Waals surface area contributed by atoms with E-state index in [1.807, 2.05) is 14.0 Å². The van der Waals surface area contributed by atoms with Crippen molar-refractivity contribution in [3.8, 4) is 5.75 Å². The number of nitrogens with zero attached hydrogens (tertiary/aromatic N) is 3. The fourth-order valence-corrected chi connectivity index (χ4v) is 3.30. The number of benzene rings is 1. The first-order chi connectivity index (χ1) is 13.0. The van der Waals surface area contributed by atoms with Gasteiger partial charge in [0, 0.05) is 58.4 Å². The number of hydrogen-bond acceptors (Lipinski definition) is 4. The van der Waals surface area contributed by atoms with Gasteiger partial charge in [0.05, 0.1) is 6.61 Å². The summed E-state index contributed by atoms with van der Waals surface area (Å²) >= 11 is 0. The molecule has 1 atom stereocenters. The largest absolute Gasteiger partial charge is 0.494 e. The molecule has 2 N–H and O–H groups in total. The Morgan fingerprint density at radius 2 is 1.93 bits per heavy atom. The number of ether oxygens (including phenoxy) is 1. The van der Waals surface area contributed by atoms with E-state index in [9.17, 15) is 0 Å². The van der Waals surface area contributed by atoms with Crippen LogP contribution in [0.3, 0.4) is 0 Å². The molecule has 28 heavy (non-hydrogen) atoms. The molecule has 0 saturated carbocycles. The Kier molecular flexibility index (Phi) is 11.8. The average molecular weight is 503 g/mol. The van der Waals surface area contributed by atoms with E-state index in [0.717, 1.165) is 30.4 Å². The standard InChI is InChI=1S/C21H37N5O.HI/c1-6-27-20-13-17(2)7-8-19(20)15-24-21(22-4)23-14-18(3)16-26-11-9-25(5)10-12-26;/h7-8,13,18H,6,9-12,14-16H2,1-5H3,(H2,22,23,24);1H. The Morgan fingerprint density at radius 1 is 1.21 bits per heavy atom. The summed E-state index contributed by atoms with van der Waals surface area (Å²) in [5, 5.41) is 6.87. The maximum atomic E-state index is 5.76. The minimum absolute atomic E-state index is 0. The van der Waals surface area contributed by atoms with Crippen LogP contribution in [0, 0.1) is 12.8 Å². The number of aryl methyl sites for hydroxylation is 1. The molecule has 1 aromatic rings. The van der Waals surface area contributed by atoms with Crippen molar-refractivity contribution in [2.75, 3.05) is 60.0 Å². The summed E-state index contributed by atoms with van der Waals surface area (Å²) in [5.41, 5.74) is 2.36. The van der Waals surface area contributed by atoms with Gasteiger partial charge in [0.25, 0.3) is 0 Å². The molecule has 1 fully saturated rings. The van der Waals surface area contributed by atoms with Gasteiger partial charge in [-0.1, -0.05) is 19.1 Å². The van der Waals surface area contributed by atoms with E-state index >= 15 is 0 Å². The molecule has 0 radical (unpaired) electrons. The number of aliphatic imine (C=N–C) groups is 1. The smallest absolute Gasteiger partial charge is 0.191 e. The zero-order valence-corrected chi connectivity index (χ0v) is 20.5. The first-order valence-electron chi connectivity index (χ1n) is 10.1. The molecule has 0 amide bonds. The lowest BCUT2D eigenvalue weighted by Gasteiger charge is -2.34. The van der Waals surface area contributed by atoms with Crippen LogP contribution in [-0.2, 0) is 6.54 Å². The van der Waals surface area contributed by atoms with E-state index < -0.39 is 0 Å². The second kappa shape index (κ2) is 13.2. The molecule has 1 unspecified atom stereocenters. The van der Waals surface area contributed by atoms with Crippen molar-refractivity contribution in [1.82, 2.24) is 20.4 Å². The van der Waals surface area contributed by atoms with Gasteiger partial charge in [0.15, 0.2) is 5.96 Å². The van der Waals surface area contributed by atoms with E-state index in [0.29, 0.717) is 19.1 Å². The molecule has 0 aromatic heterocycles. The van der Waals surface area contributed by atoms with Gasteiger partial charge < -0.3 is 25.2 Å². The third-order valence-electron chi connectivity index (χ3n) is 4.98. The highest BCUT2D eigenvalue weighted by molar-refractivity contribution is 14.0. The molecular formula is C21H38IN5O. The second-order valence-electron chi connectivity index (χ2n) is 7.56. The highest BCUT2D eigenvalue weighted by atomic mass is 127. The molecule has 7 heteroatoms. The third-order valence-corrected chi connectivity index (χ3v) is 4.98. The molecule has 6 nitrogen and oxygen atoms in total. The molecule has 160 valence electrons. The summed E-state index contributed by atoms with van der Waals surface area (Å²) < 4.78 is 5.76. The van der Waals surface area contributed by atoms with Crippen molar-refractivity contribution in [1.29, 1.82) is 0 Å². The number of nitrogens with one attached hydrogen (secondary N) is 2. The molecule has 1 aliphatic heterocycles. The zero-order chi connectivity index (χ0) is 19.6. The molecule has 0 aliphatic carbocycles. The van der Waals surface area contributed by atoms with Crippen LogP contribution < -0.4 is 15.4 Å². The van der Waals surface area contributed by atoms with Crippen LogP contribution in [0.25, 0.3) is 0 Å². The summed E-state index contributed by atoms with van der Waals surface area (Å²) in [5.74, 6) is 2.36. The summed E-state index contributed by atoms with van der Waals surface area (Å²) in [6.07, 6.45) is 0. The van der Waals surface area contributed by atoms with Gasteiger partial charge in [-0.25, -0.2) is 0 Å². The van der Waals surface area contributed by atoms with Gasteiger partial charge in [-0.3, -0.25) is 4.99 Å². The van der Waals surface area contributed by atoms with Crippen molar-refractivity contribution >= 4 is 29.9 Å². The Balaban J connectivity index is 0.00000392. The van der Waals surface area contributed by atoms with Crippen LogP contribution in [0.5, 0.6) is 5.75 Å². The van der Waals surface area contributed by atoms with Gasteiger partial charge in [-0.2, -0.15) is 0 Å². The fourth-order valence-electron chi connectivity index (χ4n) is 3.30. The van der Waals surface area contributed by atoms with Crippen molar-refractivity contribution in [3.05, 3.63) is 29.3 Å². The van der Waals surface area contributed by atoms with Crippen LogP contribution in [0.15, 0.2) is 23.2 Å². The molecule has 0 bridgehead atoms. The molecular weight excluding hydrogens is 465 g/mol. The topological polar surface area (TPSA) is 52.1 Å². The zero-order valence-electron chi connectivity index (χ0n) is 18.1. The Hall–Kier alpha value is -1.06. The van der Waals surface area contributed by atoms with E-state index in [2.05, 4.69) is 64.5 Å². The number of halogens is 1. The van der Waals surface area contributed by atoms with Crippen LogP contribution in [-0.4, -0.2) is 75.7 Å². The lowest BCUT2D eigenvalue weighted by molar-refractivity contribution is 0.139. The van der Waals surface area contributed by atoms with Gasteiger partial charge in [-0.05, 0) is 38.4 Å². The van der Waals surface area contributed by atoms with Crippen molar-refractivity contribution in [2.24, 2.45) is 10.9 Å². The molecule has 1 aliphatic rings. The normalized spacial score (nSPS) is 17.0. The predicted molar refractivity (Wildman–Crippen MR) is 129 cm³/mol. The number of piperazine rings is 1. The number of likely N-dealkylation sites (N-methyl/N-ethyl adjacent to an activating group) is 1. The Bertz CT molecular complexity index is 602. The molecule has 1 heterocycles. The summed E-state index contributed by atoms with van der Waals surface area (Å²) in [7, 11) is 4.02. The monoisotopic (exact) mass is 503 g/mol. The molecule has 2 rings (SSSR count). The Morgan fingerprint density at radius 3 is 2.57 bits per heavy atom. The minimum atomic E-state index is 0. The summed E-state index contributed by atoms with van der Waals surface area (Å²) in [4.78, 5) is 9.31. The SMILES string of the molecule is CCOc1cc(C)ccc1CNC(=NC)NCC(C)CN1CCN(C)CC1.I. The van der Waals surface area contributed by atoms with Crippen molar-refractivity contribution < 1.29 is 4.74 Å². The molecule has 1 saturated heterocycles. The first-order valence-corrected chi connectivity index (χ1v) is 10.1. The van der Waals surface area contributed by atoms with Crippen LogP contribution in [0.4, 0.5) is 0 Å². The van der Waals surface area contributed by atoms with Gasteiger partial charge in [0.2, 0.25) is 0 Å². The van der Waals surface area contributed by atoms with E-state index in [-0.39, 0.29) is 24.0 Å². The average Bonchev–Trinajstić information content (AvgIpc) is 2.65.